The van der Waals surface area contributed by atoms with Crippen LogP contribution in [-0.4, -0.2) is 50.1 Å². The van der Waals surface area contributed by atoms with E-state index in [4.69, 9.17) is 14.2 Å². The fourth-order valence-electron chi connectivity index (χ4n) is 3.49. The van der Waals surface area contributed by atoms with E-state index in [0.717, 1.165) is 30.6 Å². The topological polar surface area (TPSA) is 94.2 Å². The smallest absolute Gasteiger partial charge is 0.331 e. The first-order valence-corrected chi connectivity index (χ1v) is 8.70. The third-order valence-corrected chi connectivity index (χ3v) is 4.86. The molecular formula is C19H22N2O6. The summed E-state index contributed by atoms with van der Waals surface area (Å²) in [6.45, 7) is 0. The van der Waals surface area contributed by atoms with Crippen LogP contribution in [0.3, 0.4) is 0 Å². The number of methoxy groups -OCH3 is 3. The van der Waals surface area contributed by atoms with Gasteiger partial charge in [-0.15, -0.1) is 0 Å². The number of hydrogen-bond acceptors (Lipinski definition) is 6. The van der Waals surface area contributed by atoms with Gasteiger partial charge in [-0.1, -0.05) is 12.8 Å². The van der Waals surface area contributed by atoms with Crippen molar-refractivity contribution in [1.29, 1.82) is 0 Å². The standard InChI is InChI=1S/C19H22N2O6/c1-25-14-10-16(27-3)15(26-2)9-11(14)8-13-17(22)20-19(24)21(18(13)23)12-6-4-5-7-12/h8-10,12H,4-7H2,1-3H3,(H,20,22,24)/b13-8+. The summed E-state index contributed by atoms with van der Waals surface area (Å²) in [6, 6.07) is 2.38. The highest BCUT2D eigenvalue weighted by atomic mass is 16.5. The molecule has 2 aliphatic rings. The van der Waals surface area contributed by atoms with Crippen molar-refractivity contribution in [3.63, 3.8) is 0 Å². The Balaban J connectivity index is 2.03. The zero-order valence-corrected chi connectivity index (χ0v) is 15.5. The molecule has 1 saturated carbocycles. The second-order valence-corrected chi connectivity index (χ2v) is 6.38. The number of rotatable bonds is 5. The molecule has 1 saturated heterocycles. The van der Waals surface area contributed by atoms with Crippen molar-refractivity contribution >= 4 is 23.9 Å². The van der Waals surface area contributed by atoms with Crippen LogP contribution in [0.15, 0.2) is 17.7 Å². The predicted molar refractivity (Wildman–Crippen MR) is 96.7 cm³/mol. The zero-order chi connectivity index (χ0) is 19.6. The van der Waals surface area contributed by atoms with Gasteiger partial charge in [0.05, 0.1) is 21.3 Å². The maximum atomic E-state index is 12.9. The maximum absolute atomic E-state index is 12.9. The van der Waals surface area contributed by atoms with Gasteiger partial charge in [0.25, 0.3) is 11.8 Å². The van der Waals surface area contributed by atoms with Crippen LogP contribution in [0.2, 0.25) is 0 Å². The molecule has 2 fully saturated rings. The number of carbonyl (C=O) groups excluding carboxylic acids is 3. The van der Waals surface area contributed by atoms with Crippen LogP contribution in [0.25, 0.3) is 6.08 Å². The Morgan fingerprint density at radius 1 is 0.963 bits per heavy atom. The van der Waals surface area contributed by atoms with Crippen molar-refractivity contribution in [1.82, 2.24) is 10.2 Å². The van der Waals surface area contributed by atoms with E-state index in [9.17, 15) is 14.4 Å². The number of barbiturate groups is 1. The fraction of sp³-hybridized carbons (Fsp3) is 0.421. The summed E-state index contributed by atoms with van der Waals surface area (Å²) in [6.07, 6.45) is 4.82. The molecule has 4 amide bonds. The lowest BCUT2D eigenvalue weighted by Crippen LogP contribution is -2.57. The number of carbonyl (C=O) groups is 3. The van der Waals surface area contributed by atoms with Gasteiger partial charge in [0.2, 0.25) is 0 Å². The minimum absolute atomic E-state index is 0.119. The van der Waals surface area contributed by atoms with Gasteiger partial charge in [-0.25, -0.2) is 4.79 Å². The first-order valence-electron chi connectivity index (χ1n) is 8.70. The molecule has 0 bridgehead atoms. The summed E-state index contributed by atoms with van der Waals surface area (Å²) in [5.41, 5.74) is 0.349. The molecule has 0 radical (unpaired) electrons. The van der Waals surface area contributed by atoms with E-state index in [-0.39, 0.29) is 11.6 Å². The van der Waals surface area contributed by atoms with Gasteiger partial charge in [-0.2, -0.15) is 0 Å². The van der Waals surface area contributed by atoms with E-state index in [0.29, 0.717) is 22.8 Å². The molecule has 0 atom stereocenters. The Bertz CT molecular complexity index is 811. The Hall–Kier alpha value is -3.03. The van der Waals surface area contributed by atoms with Crippen LogP contribution >= 0.6 is 0 Å². The Labute approximate surface area is 157 Å². The van der Waals surface area contributed by atoms with Crippen LogP contribution in [0.5, 0.6) is 17.2 Å². The lowest BCUT2D eigenvalue weighted by molar-refractivity contribution is -0.131. The molecule has 1 N–H and O–H groups in total. The van der Waals surface area contributed by atoms with Crippen molar-refractivity contribution in [2.24, 2.45) is 0 Å². The van der Waals surface area contributed by atoms with Gasteiger partial charge in [-0.3, -0.25) is 19.8 Å². The number of imide groups is 2. The molecule has 1 heterocycles. The third kappa shape index (κ3) is 3.47. The number of nitrogens with one attached hydrogen (secondary N) is 1. The number of amides is 4. The lowest BCUT2D eigenvalue weighted by Gasteiger charge is -2.31. The summed E-state index contributed by atoms with van der Waals surface area (Å²) in [5.74, 6) is -0.0233. The second-order valence-electron chi connectivity index (χ2n) is 6.38. The molecule has 1 aromatic carbocycles. The molecule has 1 aliphatic carbocycles. The van der Waals surface area contributed by atoms with Crippen molar-refractivity contribution in [3.05, 3.63) is 23.3 Å². The summed E-state index contributed by atoms with van der Waals surface area (Å²) >= 11 is 0. The van der Waals surface area contributed by atoms with Crippen LogP contribution in [-0.2, 0) is 9.59 Å². The predicted octanol–water partition coefficient (Wildman–Crippen LogP) is 2.12. The fourth-order valence-corrected chi connectivity index (χ4v) is 3.49. The monoisotopic (exact) mass is 374 g/mol. The van der Waals surface area contributed by atoms with Crippen LogP contribution < -0.4 is 19.5 Å². The van der Waals surface area contributed by atoms with E-state index in [2.05, 4.69) is 5.32 Å². The first-order chi connectivity index (χ1) is 13.0. The third-order valence-electron chi connectivity index (χ3n) is 4.86. The highest BCUT2D eigenvalue weighted by Gasteiger charge is 2.40. The molecule has 8 heteroatoms. The SMILES string of the molecule is COc1cc(OC)c(OC)cc1/C=C1\C(=O)NC(=O)N(C2CCCC2)C1=O. The van der Waals surface area contributed by atoms with Gasteiger partial charge in [0.15, 0.2) is 11.5 Å². The summed E-state index contributed by atoms with van der Waals surface area (Å²) < 4.78 is 15.9. The van der Waals surface area contributed by atoms with E-state index in [1.54, 1.807) is 12.1 Å². The second kappa shape index (κ2) is 7.69. The van der Waals surface area contributed by atoms with Gasteiger partial charge in [0, 0.05) is 17.7 Å². The number of benzene rings is 1. The average molecular weight is 374 g/mol. The molecule has 0 unspecified atom stereocenters. The summed E-state index contributed by atoms with van der Waals surface area (Å²) in [7, 11) is 4.46. The highest BCUT2D eigenvalue weighted by molar-refractivity contribution is 6.31. The summed E-state index contributed by atoms with van der Waals surface area (Å²) in [5, 5.41) is 2.26. The number of ether oxygens (including phenoxy) is 3. The van der Waals surface area contributed by atoms with E-state index in [1.165, 1.54) is 27.4 Å². The number of nitrogens with zero attached hydrogens (tertiary/aromatic N) is 1. The van der Waals surface area contributed by atoms with Gasteiger partial charge < -0.3 is 14.2 Å². The molecule has 0 spiro atoms. The van der Waals surface area contributed by atoms with E-state index in [1.807, 2.05) is 0 Å². The normalized spacial score (nSPS) is 19.4. The van der Waals surface area contributed by atoms with Crippen LogP contribution in [0.4, 0.5) is 4.79 Å². The Morgan fingerprint density at radius 2 is 1.56 bits per heavy atom. The van der Waals surface area contributed by atoms with Crippen molar-refractivity contribution in [3.8, 4) is 17.2 Å². The molecule has 1 aliphatic heterocycles. The van der Waals surface area contributed by atoms with Crippen LogP contribution in [0.1, 0.15) is 31.2 Å². The summed E-state index contributed by atoms with van der Waals surface area (Å²) in [4.78, 5) is 38.6. The van der Waals surface area contributed by atoms with E-state index < -0.39 is 17.8 Å². The molecular weight excluding hydrogens is 352 g/mol. The van der Waals surface area contributed by atoms with Gasteiger partial charge in [-0.05, 0) is 25.0 Å². The van der Waals surface area contributed by atoms with Crippen molar-refractivity contribution < 1.29 is 28.6 Å². The molecule has 0 aromatic heterocycles. The molecule has 3 rings (SSSR count). The van der Waals surface area contributed by atoms with Crippen molar-refractivity contribution in [2.45, 2.75) is 31.7 Å². The van der Waals surface area contributed by atoms with Crippen molar-refractivity contribution in [2.75, 3.05) is 21.3 Å². The quantitative estimate of drug-likeness (QED) is 0.627. The highest BCUT2D eigenvalue weighted by Crippen LogP contribution is 2.36. The number of urea groups is 1. The molecule has 1 aromatic rings. The molecule has 27 heavy (non-hydrogen) atoms. The van der Waals surface area contributed by atoms with Crippen LogP contribution in [0, 0.1) is 0 Å². The zero-order valence-electron chi connectivity index (χ0n) is 15.5. The molecule has 144 valence electrons. The molecule has 8 nitrogen and oxygen atoms in total. The minimum Gasteiger partial charge on any atom is -0.496 e. The average Bonchev–Trinajstić information content (AvgIpc) is 3.18. The Kier molecular flexibility index (Phi) is 5.34. The maximum Gasteiger partial charge on any atom is 0.331 e. The largest absolute Gasteiger partial charge is 0.496 e. The van der Waals surface area contributed by atoms with E-state index >= 15 is 0 Å². The number of hydrogen-bond donors (Lipinski definition) is 1. The Morgan fingerprint density at radius 3 is 2.15 bits per heavy atom. The lowest BCUT2D eigenvalue weighted by atomic mass is 10.0. The van der Waals surface area contributed by atoms with Gasteiger partial charge in [0.1, 0.15) is 11.3 Å². The van der Waals surface area contributed by atoms with Gasteiger partial charge >= 0.3 is 6.03 Å². The first kappa shape index (κ1) is 18.8. The minimum atomic E-state index is -0.726.